The molecule has 2 atom stereocenters. The molecule has 2 unspecified atom stereocenters. The average molecular weight is 290 g/mol. The molecule has 0 saturated carbocycles. The lowest BCUT2D eigenvalue weighted by molar-refractivity contribution is -0.141. The Bertz CT molecular complexity index is 499. The van der Waals surface area contributed by atoms with Crippen LogP contribution in [-0.2, 0) is 17.4 Å². The van der Waals surface area contributed by atoms with Gasteiger partial charge in [-0.1, -0.05) is 13.0 Å². The number of fused-ring (bicyclic) bond motifs is 1. The Morgan fingerprint density at radius 2 is 2.21 bits per heavy atom. The fraction of sp³-hybridized carbons (Fsp3) is 0.462. The molecule has 2 nitrogen and oxygen atoms in total. The summed E-state index contributed by atoms with van der Waals surface area (Å²) in [7, 11) is 0. The number of carboxylic acid groups (broad SMARTS) is 1. The molecule has 2 rings (SSSR count). The number of halogens is 3. The number of benzene rings is 1. The minimum Gasteiger partial charge on any atom is -0.481 e. The van der Waals surface area contributed by atoms with Crippen molar-refractivity contribution in [2.24, 2.45) is 5.92 Å². The van der Waals surface area contributed by atoms with E-state index in [1.54, 1.807) is 13.0 Å². The Morgan fingerprint density at radius 1 is 1.53 bits per heavy atom. The van der Waals surface area contributed by atoms with Crippen LogP contribution in [0.25, 0.3) is 0 Å². The van der Waals surface area contributed by atoms with Gasteiger partial charge in [-0.05, 0) is 30.5 Å². The first-order valence-corrected chi connectivity index (χ1v) is 6.75. The highest BCUT2D eigenvalue weighted by Gasteiger charge is 2.37. The molecule has 1 heterocycles. The summed E-state index contributed by atoms with van der Waals surface area (Å²) >= 11 is 1.35. The van der Waals surface area contributed by atoms with Crippen molar-refractivity contribution in [2.45, 2.75) is 36.1 Å². The van der Waals surface area contributed by atoms with Gasteiger partial charge in [-0.25, -0.2) is 0 Å². The van der Waals surface area contributed by atoms with Gasteiger partial charge in [-0.3, -0.25) is 4.79 Å². The summed E-state index contributed by atoms with van der Waals surface area (Å²) in [6.45, 7) is 1.58. The molecular weight excluding hydrogens is 277 g/mol. The van der Waals surface area contributed by atoms with Crippen molar-refractivity contribution in [3.63, 3.8) is 0 Å². The standard InChI is InChI=1S/C13H13F3O2S/c1-7(12(17)18)5-8-6-9-10(13(14,15)16)3-2-4-11(9)19-8/h2-4,7-8H,5-6H2,1H3,(H,17,18). The fourth-order valence-corrected chi connectivity index (χ4v) is 3.71. The van der Waals surface area contributed by atoms with Crippen LogP contribution in [0.4, 0.5) is 13.2 Å². The largest absolute Gasteiger partial charge is 0.481 e. The van der Waals surface area contributed by atoms with Crippen LogP contribution in [0.15, 0.2) is 23.1 Å². The van der Waals surface area contributed by atoms with Crippen LogP contribution in [0.2, 0.25) is 0 Å². The first kappa shape index (κ1) is 14.2. The molecule has 1 aliphatic heterocycles. The van der Waals surface area contributed by atoms with Crippen LogP contribution < -0.4 is 0 Å². The van der Waals surface area contributed by atoms with E-state index >= 15 is 0 Å². The number of carbonyl (C=O) groups is 1. The highest BCUT2D eigenvalue weighted by Crippen LogP contribution is 2.45. The molecule has 0 spiro atoms. The van der Waals surface area contributed by atoms with E-state index in [-0.39, 0.29) is 11.7 Å². The molecule has 0 aliphatic carbocycles. The zero-order chi connectivity index (χ0) is 14.2. The number of thioether (sulfide) groups is 1. The SMILES string of the molecule is CC(CC1Cc2c(cccc2C(F)(F)F)S1)C(=O)O. The number of rotatable bonds is 3. The van der Waals surface area contributed by atoms with Gasteiger partial charge in [0.25, 0.3) is 0 Å². The third-order valence-corrected chi connectivity index (χ3v) is 4.53. The van der Waals surface area contributed by atoms with E-state index in [9.17, 15) is 18.0 Å². The molecule has 1 N–H and O–H groups in total. The summed E-state index contributed by atoms with van der Waals surface area (Å²) in [6, 6.07) is 4.15. The van der Waals surface area contributed by atoms with Crippen LogP contribution in [0.3, 0.4) is 0 Å². The molecular formula is C13H13F3O2S. The van der Waals surface area contributed by atoms with Crippen molar-refractivity contribution < 1.29 is 23.1 Å². The predicted octanol–water partition coefficient (Wildman–Crippen LogP) is 3.83. The summed E-state index contributed by atoms with van der Waals surface area (Å²) in [6.07, 6.45) is -3.68. The van der Waals surface area contributed by atoms with Gasteiger partial charge in [0.15, 0.2) is 0 Å². The van der Waals surface area contributed by atoms with Crippen molar-refractivity contribution in [1.29, 1.82) is 0 Å². The monoisotopic (exact) mass is 290 g/mol. The number of hydrogen-bond acceptors (Lipinski definition) is 2. The van der Waals surface area contributed by atoms with E-state index in [4.69, 9.17) is 5.11 Å². The highest BCUT2D eigenvalue weighted by molar-refractivity contribution is 8.00. The second-order valence-electron chi connectivity index (χ2n) is 4.70. The molecule has 6 heteroatoms. The lowest BCUT2D eigenvalue weighted by Gasteiger charge is -2.12. The maximum atomic E-state index is 12.9. The summed E-state index contributed by atoms with van der Waals surface area (Å²) in [4.78, 5) is 11.4. The van der Waals surface area contributed by atoms with E-state index in [2.05, 4.69) is 0 Å². The minimum atomic E-state index is -4.35. The molecule has 1 aliphatic rings. The Balaban J connectivity index is 2.19. The lowest BCUT2D eigenvalue weighted by Crippen LogP contribution is -2.16. The second-order valence-corrected chi connectivity index (χ2v) is 6.04. The quantitative estimate of drug-likeness (QED) is 0.919. The van der Waals surface area contributed by atoms with Crippen LogP contribution in [0.1, 0.15) is 24.5 Å². The average Bonchev–Trinajstić information content (AvgIpc) is 2.68. The van der Waals surface area contributed by atoms with Gasteiger partial charge < -0.3 is 5.11 Å². The smallest absolute Gasteiger partial charge is 0.416 e. The van der Waals surface area contributed by atoms with E-state index in [0.717, 1.165) is 6.07 Å². The van der Waals surface area contributed by atoms with Crippen LogP contribution >= 0.6 is 11.8 Å². The van der Waals surface area contributed by atoms with Gasteiger partial charge in [-0.2, -0.15) is 13.2 Å². The molecule has 104 valence electrons. The van der Waals surface area contributed by atoms with Crippen molar-refractivity contribution >= 4 is 17.7 Å². The molecule has 0 bridgehead atoms. The molecule has 0 amide bonds. The third-order valence-electron chi connectivity index (χ3n) is 3.20. The Morgan fingerprint density at radius 3 is 2.79 bits per heavy atom. The number of carboxylic acids is 1. The number of aliphatic carboxylic acids is 1. The Hall–Kier alpha value is -1.17. The molecule has 0 saturated heterocycles. The number of alkyl halides is 3. The maximum absolute atomic E-state index is 12.9. The van der Waals surface area contributed by atoms with E-state index in [1.165, 1.54) is 17.8 Å². The van der Waals surface area contributed by atoms with Crippen molar-refractivity contribution in [2.75, 3.05) is 0 Å². The van der Waals surface area contributed by atoms with Gasteiger partial charge >= 0.3 is 12.1 Å². The normalized spacial score (nSPS) is 20.1. The van der Waals surface area contributed by atoms with E-state index in [1.807, 2.05) is 0 Å². The molecule has 1 aromatic carbocycles. The van der Waals surface area contributed by atoms with Crippen molar-refractivity contribution in [3.05, 3.63) is 29.3 Å². The summed E-state index contributed by atoms with van der Waals surface area (Å²) < 4.78 is 38.6. The second kappa shape index (κ2) is 5.07. The van der Waals surface area contributed by atoms with Gasteiger partial charge in [0.2, 0.25) is 0 Å². The molecule has 19 heavy (non-hydrogen) atoms. The first-order valence-electron chi connectivity index (χ1n) is 5.87. The zero-order valence-electron chi connectivity index (χ0n) is 10.2. The van der Waals surface area contributed by atoms with Crippen molar-refractivity contribution in [1.82, 2.24) is 0 Å². The van der Waals surface area contributed by atoms with Gasteiger partial charge in [0.05, 0.1) is 11.5 Å². The minimum absolute atomic E-state index is 0.0930. The third kappa shape index (κ3) is 3.05. The summed E-state index contributed by atoms with van der Waals surface area (Å²) in [5.41, 5.74) is -0.287. The van der Waals surface area contributed by atoms with E-state index in [0.29, 0.717) is 16.9 Å². The number of hydrogen-bond donors (Lipinski definition) is 1. The molecule has 0 aromatic heterocycles. The van der Waals surface area contributed by atoms with Crippen LogP contribution in [0, 0.1) is 5.92 Å². The maximum Gasteiger partial charge on any atom is 0.416 e. The summed E-state index contributed by atoms with van der Waals surface area (Å²) in [5, 5.41) is 8.76. The fourth-order valence-electron chi connectivity index (χ4n) is 2.23. The molecule has 0 radical (unpaired) electrons. The molecule has 0 fully saturated rings. The van der Waals surface area contributed by atoms with E-state index < -0.39 is 23.6 Å². The highest BCUT2D eigenvalue weighted by atomic mass is 32.2. The first-order chi connectivity index (χ1) is 8.79. The zero-order valence-corrected chi connectivity index (χ0v) is 11.0. The van der Waals surface area contributed by atoms with Crippen LogP contribution in [0.5, 0.6) is 0 Å². The Labute approximate surface area is 113 Å². The van der Waals surface area contributed by atoms with Gasteiger partial charge in [0.1, 0.15) is 0 Å². The van der Waals surface area contributed by atoms with Gasteiger partial charge in [0, 0.05) is 10.1 Å². The van der Waals surface area contributed by atoms with Crippen molar-refractivity contribution in [3.8, 4) is 0 Å². The predicted molar refractivity (Wildman–Crippen MR) is 66.2 cm³/mol. The summed E-state index contributed by atoms with van der Waals surface area (Å²) in [5.74, 6) is -1.45. The Kier molecular flexibility index (Phi) is 3.80. The topological polar surface area (TPSA) is 37.3 Å². The molecule has 1 aromatic rings. The van der Waals surface area contributed by atoms with Crippen LogP contribution in [-0.4, -0.2) is 16.3 Å². The lowest BCUT2D eigenvalue weighted by atomic mass is 9.98. The van der Waals surface area contributed by atoms with Gasteiger partial charge in [-0.15, -0.1) is 11.8 Å².